The van der Waals surface area contributed by atoms with Crippen LogP contribution in [0.15, 0.2) is 47.6 Å². The number of thioether (sulfide) groups is 1. The average Bonchev–Trinajstić information content (AvgIpc) is 3.15. The second kappa shape index (κ2) is 10.8. The van der Waals surface area contributed by atoms with Crippen LogP contribution in [0.5, 0.6) is 11.5 Å². The van der Waals surface area contributed by atoms with E-state index in [9.17, 15) is 0 Å². The maximum absolute atomic E-state index is 6.17. The van der Waals surface area contributed by atoms with E-state index in [2.05, 4.69) is 46.0 Å². The molecule has 3 aromatic rings. The van der Waals surface area contributed by atoms with Gasteiger partial charge in [0.05, 0.1) is 7.11 Å². The molecule has 0 fully saturated rings. The molecule has 0 amide bonds. The molecule has 0 atom stereocenters. The third-order valence-corrected chi connectivity index (χ3v) is 5.64. The Kier molecular flexibility index (Phi) is 7.89. The minimum absolute atomic E-state index is 0.516. The lowest BCUT2D eigenvalue weighted by molar-refractivity contribution is 0.280. The van der Waals surface area contributed by atoms with Crippen LogP contribution in [0.1, 0.15) is 23.1 Å². The number of para-hydroxylation sites is 1. The topological polar surface area (TPSA) is 74.1 Å². The fourth-order valence-electron chi connectivity index (χ4n) is 2.87. The highest BCUT2D eigenvalue weighted by Gasteiger charge is 2.11. The van der Waals surface area contributed by atoms with Gasteiger partial charge in [0.2, 0.25) is 5.16 Å². The van der Waals surface area contributed by atoms with Crippen molar-refractivity contribution in [1.29, 1.82) is 0 Å². The fraction of sp³-hybridized carbons (Fsp3) is 0.381. The molecule has 0 aliphatic heterocycles. The van der Waals surface area contributed by atoms with Crippen LogP contribution in [-0.4, -0.2) is 39.6 Å². The first-order chi connectivity index (χ1) is 14.2. The second-order valence-corrected chi connectivity index (χ2v) is 7.69. The summed E-state index contributed by atoms with van der Waals surface area (Å²) < 4.78 is 13.4. The number of benzene rings is 2. The van der Waals surface area contributed by atoms with Gasteiger partial charge in [-0.05, 0) is 47.5 Å². The molecular weight excluding hydrogens is 386 g/mol. The van der Waals surface area contributed by atoms with Gasteiger partial charge in [0.1, 0.15) is 6.61 Å². The largest absolute Gasteiger partial charge is 0.493 e. The molecule has 0 radical (unpaired) electrons. The van der Waals surface area contributed by atoms with E-state index in [1.54, 1.807) is 23.6 Å². The normalized spacial score (nSPS) is 10.9. The Labute approximate surface area is 175 Å². The summed E-state index contributed by atoms with van der Waals surface area (Å²) in [6.45, 7) is 4.23. The summed E-state index contributed by atoms with van der Waals surface area (Å²) in [6, 6.07) is 14.3. The summed E-state index contributed by atoms with van der Waals surface area (Å²) in [7, 11) is 3.52. The minimum atomic E-state index is 0.516. The molecule has 2 aromatic carbocycles. The first-order valence-corrected chi connectivity index (χ1v) is 10.6. The predicted octanol–water partition coefficient (Wildman–Crippen LogP) is 3.38. The van der Waals surface area contributed by atoms with Crippen molar-refractivity contribution in [2.24, 2.45) is 7.05 Å². The summed E-state index contributed by atoms with van der Waals surface area (Å²) in [5.74, 6) is 2.50. The van der Waals surface area contributed by atoms with E-state index in [4.69, 9.17) is 9.47 Å². The Morgan fingerprint density at radius 3 is 2.69 bits per heavy atom. The van der Waals surface area contributed by atoms with Crippen molar-refractivity contribution in [3.05, 3.63) is 59.2 Å². The molecule has 8 heteroatoms. The lowest BCUT2D eigenvalue weighted by Crippen LogP contribution is -2.16. The molecule has 0 unspecified atom stereocenters. The van der Waals surface area contributed by atoms with Crippen LogP contribution in [0, 0.1) is 6.92 Å². The molecule has 0 saturated heterocycles. The number of nitrogens with one attached hydrogen (secondary N) is 1. The minimum Gasteiger partial charge on any atom is -0.493 e. The molecule has 154 valence electrons. The summed E-state index contributed by atoms with van der Waals surface area (Å²) in [6.07, 6.45) is 1.01. The number of aryl methyl sites for hydroxylation is 2. The second-order valence-electron chi connectivity index (χ2n) is 6.63. The highest BCUT2D eigenvalue weighted by Crippen LogP contribution is 2.32. The highest BCUT2D eigenvalue weighted by molar-refractivity contribution is 7.99. The molecule has 29 heavy (non-hydrogen) atoms. The van der Waals surface area contributed by atoms with Crippen LogP contribution in [0.25, 0.3) is 0 Å². The van der Waals surface area contributed by atoms with Crippen LogP contribution in [-0.2, 0) is 20.2 Å². The summed E-state index contributed by atoms with van der Waals surface area (Å²) in [5, 5.41) is 15.8. The zero-order chi connectivity index (χ0) is 20.5. The van der Waals surface area contributed by atoms with Gasteiger partial charge in [-0.1, -0.05) is 48.2 Å². The van der Waals surface area contributed by atoms with E-state index in [1.165, 1.54) is 11.1 Å². The molecule has 0 saturated carbocycles. The predicted molar refractivity (Wildman–Crippen MR) is 114 cm³/mol. The molecule has 0 aliphatic rings. The van der Waals surface area contributed by atoms with Gasteiger partial charge in [-0.25, -0.2) is 4.68 Å². The molecule has 1 N–H and O–H groups in total. The summed E-state index contributed by atoms with van der Waals surface area (Å²) in [4.78, 5) is 0. The van der Waals surface area contributed by atoms with Gasteiger partial charge < -0.3 is 14.8 Å². The van der Waals surface area contributed by atoms with Crippen molar-refractivity contribution < 1.29 is 9.47 Å². The van der Waals surface area contributed by atoms with Gasteiger partial charge in [-0.3, -0.25) is 0 Å². The average molecular weight is 414 g/mol. The van der Waals surface area contributed by atoms with Gasteiger partial charge in [0.15, 0.2) is 11.5 Å². The highest BCUT2D eigenvalue weighted by atomic mass is 32.2. The number of tetrazole rings is 1. The lowest BCUT2D eigenvalue weighted by atomic mass is 10.1. The SMILES string of the molecule is COc1cccc(CNCCCSc2nnnn2C)c1OCc1ccccc1C. The molecule has 0 spiro atoms. The number of methoxy groups -OCH3 is 1. The van der Waals surface area contributed by atoms with Crippen molar-refractivity contribution >= 4 is 11.8 Å². The smallest absolute Gasteiger partial charge is 0.209 e. The van der Waals surface area contributed by atoms with Crippen LogP contribution < -0.4 is 14.8 Å². The van der Waals surface area contributed by atoms with E-state index >= 15 is 0 Å². The van der Waals surface area contributed by atoms with Crippen LogP contribution in [0.3, 0.4) is 0 Å². The molecule has 0 bridgehead atoms. The molecule has 0 aliphatic carbocycles. The zero-order valence-electron chi connectivity index (χ0n) is 17.1. The maximum Gasteiger partial charge on any atom is 0.209 e. The number of aromatic nitrogens is 4. The standard InChI is InChI=1S/C21H27N5O2S/c1-16-8-4-5-9-18(16)15-28-20-17(10-6-11-19(20)27-3)14-22-12-7-13-29-21-23-24-25-26(21)2/h4-6,8-11,22H,7,12-15H2,1-3H3. The maximum atomic E-state index is 6.17. The van der Waals surface area contributed by atoms with Gasteiger partial charge in [0.25, 0.3) is 0 Å². The van der Waals surface area contributed by atoms with E-state index in [-0.39, 0.29) is 0 Å². The quantitative estimate of drug-likeness (QED) is 0.381. The Hall–Kier alpha value is -2.58. The summed E-state index contributed by atoms with van der Waals surface area (Å²) in [5.41, 5.74) is 3.48. The fourth-order valence-corrected chi connectivity index (χ4v) is 3.66. The van der Waals surface area contributed by atoms with Gasteiger partial charge in [-0.2, -0.15) is 0 Å². The number of nitrogens with zero attached hydrogens (tertiary/aromatic N) is 4. The Balaban J connectivity index is 1.52. The van der Waals surface area contributed by atoms with Crippen molar-refractivity contribution in [3.63, 3.8) is 0 Å². The first-order valence-electron chi connectivity index (χ1n) is 9.58. The third-order valence-electron chi connectivity index (χ3n) is 4.54. The number of rotatable bonds is 11. The number of ether oxygens (including phenoxy) is 2. The molecular formula is C21H27N5O2S. The number of hydrogen-bond acceptors (Lipinski definition) is 7. The van der Waals surface area contributed by atoms with Crippen LogP contribution >= 0.6 is 11.8 Å². The van der Waals surface area contributed by atoms with E-state index in [0.717, 1.165) is 47.5 Å². The van der Waals surface area contributed by atoms with E-state index in [1.807, 2.05) is 31.3 Å². The summed E-state index contributed by atoms with van der Waals surface area (Å²) >= 11 is 1.66. The van der Waals surface area contributed by atoms with Crippen LogP contribution in [0.4, 0.5) is 0 Å². The Bertz CT molecular complexity index is 916. The lowest BCUT2D eigenvalue weighted by Gasteiger charge is -2.16. The van der Waals surface area contributed by atoms with Crippen molar-refractivity contribution in [1.82, 2.24) is 25.5 Å². The van der Waals surface area contributed by atoms with Crippen molar-refractivity contribution in [2.75, 3.05) is 19.4 Å². The molecule has 3 rings (SSSR count). The van der Waals surface area contributed by atoms with Gasteiger partial charge in [0, 0.05) is 24.9 Å². The number of hydrogen-bond donors (Lipinski definition) is 1. The van der Waals surface area contributed by atoms with Crippen LogP contribution in [0.2, 0.25) is 0 Å². The van der Waals surface area contributed by atoms with Gasteiger partial charge >= 0.3 is 0 Å². The third kappa shape index (κ3) is 5.95. The Morgan fingerprint density at radius 2 is 1.93 bits per heavy atom. The monoisotopic (exact) mass is 413 g/mol. The Morgan fingerprint density at radius 1 is 1.10 bits per heavy atom. The van der Waals surface area contributed by atoms with Crippen molar-refractivity contribution in [3.8, 4) is 11.5 Å². The van der Waals surface area contributed by atoms with E-state index in [0.29, 0.717) is 6.61 Å². The first kappa shape index (κ1) is 21.1. The molecule has 1 aromatic heterocycles. The molecule has 7 nitrogen and oxygen atoms in total. The van der Waals surface area contributed by atoms with Crippen molar-refractivity contribution in [2.45, 2.75) is 31.7 Å². The van der Waals surface area contributed by atoms with Gasteiger partial charge in [-0.15, -0.1) is 5.10 Å². The van der Waals surface area contributed by atoms with E-state index < -0.39 is 0 Å². The molecule has 1 heterocycles. The zero-order valence-corrected chi connectivity index (χ0v) is 17.9.